The summed E-state index contributed by atoms with van der Waals surface area (Å²) in [5, 5.41) is 10.4. The third-order valence-corrected chi connectivity index (χ3v) is 5.73. The van der Waals surface area contributed by atoms with Gasteiger partial charge in [-0.05, 0) is 89.8 Å². The second-order valence-corrected chi connectivity index (χ2v) is 9.50. The first-order valence-corrected chi connectivity index (χ1v) is 13.0. The molecule has 0 aliphatic heterocycles. The highest BCUT2D eigenvalue weighted by atomic mass is 16.5. The Morgan fingerprint density at radius 2 is 1.49 bits per heavy atom. The third-order valence-electron chi connectivity index (χ3n) is 5.73. The van der Waals surface area contributed by atoms with Crippen LogP contribution in [0.25, 0.3) is 0 Å². The number of carbonyl (C=O) groups is 2. The summed E-state index contributed by atoms with van der Waals surface area (Å²) < 4.78 is 11.5. The van der Waals surface area contributed by atoms with Gasteiger partial charge in [0, 0.05) is 30.1 Å². The van der Waals surface area contributed by atoms with Gasteiger partial charge in [0.15, 0.2) is 0 Å². The predicted molar refractivity (Wildman–Crippen MR) is 146 cm³/mol. The summed E-state index contributed by atoms with van der Waals surface area (Å²) in [5.74, 6) is 0.994. The molecule has 0 aliphatic rings. The number of benzene rings is 2. The second-order valence-electron chi connectivity index (χ2n) is 9.50. The lowest BCUT2D eigenvalue weighted by Crippen LogP contribution is -2.42. The first-order valence-electron chi connectivity index (χ1n) is 13.0. The second kappa shape index (κ2) is 14.9. The summed E-state index contributed by atoms with van der Waals surface area (Å²) in [6.45, 7) is 10.8. The minimum absolute atomic E-state index is 0.0340. The van der Waals surface area contributed by atoms with Crippen molar-refractivity contribution in [3.05, 3.63) is 53.6 Å². The van der Waals surface area contributed by atoms with E-state index in [2.05, 4.69) is 4.99 Å². The smallest absolute Gasteiger partial charge is 0.258 e. The van der Waals surface area contributed by atoms with Gasteiger partial charge in [-0.2, -0.15) is 4.99 Å². The summed E-state index contributed by atoms with van der Waals surface area (Å²) in [5.41, 5.74) is 6.86. The normalized spacial score (nSPS) is 11.6. The van der Waals surface area contributed by atoms with E-state index < -0.39 is 0 Å². The number of phenolic OH excluding ortho intramolecular Hbond substituents is 1. The monoisotopic (exact) mass is 511 g/mol. The maximum atomic E-state index is 12.8. The number of unbranched alkanes of at least 4 members (excludes halogenated alkanes) is 2. The first-order chi connectivity index (χ1) is 17.6. The van der Waals surface area contributed by atoms with E-state index in [4.69, 9.17) is 15.2 Å². The molecule has 0 radical (unpaired) electrons. The fourth-order valence-electron chi connectivity index (χ4n) is 3.94. The molecule has 2 aromatic carbocycles. The van der Waals surface area contributed by atoms with E-state index >= 15 is 0 Å². The van der Waals surface area contributed by atoms with Gasteiger partial charge in [-0.25, -0.2) is 0 Å². The van der Waals surface area contributed by atoms with Crippen molar-refractivity contribution in [1.82, 2.24) is 4.90 Å². The molecular formula is C29H41N3O5. The lowest BCUT2D eigenvalue weighted by atomic mass is 10.1. The number of aliphatic imine (C=N–C) groups is 1. The van der Waals surface area contributed by atoms with Gasteiger partial charge in [0.2, 0.25) is 5.91 Å². The maximum Gasteiger partial charge on any atom is 0.258 e. The van der Waals surface area contributed by atoms with E-state index in [0.29, 0.717) is 30.9 Å². The summed E-state index contributed by atoms with van der Waals surface area (Å²) in [6.07, 6.45) is 3.73. The number of hydrogen-bond acceptors (Lipinski definition) is 5. The molecule has 3 N–H and O–H groups in total. The fraction of sp³-hybridized carbons (Fsp3) is 0.483. The molecule has 0 saturated carbocycles. The first kappa shape index (κ1) is 29.7. The zero-order valence-corrected chi connectivity index (χ0v) is 22.7. The Hall–Kier alpha value is -3.55. The SMILES string of the molecule is CCCC(=O)N=C(N)c1ccc(OCCCCCOc2ccc(C(=O)N(C(C)C)C(C)C)c(O)c2)cc1. The van der Waals surface area contributed by atoms with Crippen molar-refractivity contribution in [3.63, 3.8) is 0 Å². The van der Waals surface area contributed by atoms with Crippen LogP contribution in [0.4, 0.5) is 0 Å². The van der Waals surface area contributed by atoms with Gasteiger partial charge in [-0.15, -0.1) is 0 Å². The number of rotatable bonds is 14. The molecule has 0 fully saturated rings. The Bertz CT molecular complexity index is 1040. The minimum atomic E-state index is -0.215. The summed E-state index contributed by atoms with van der Waals surface area (Å²) in [4.78, 5) is 30.1. The molecule has 0 heterocycles. The maximum absolute atomic E-state index is 12.8. The molecule has 2 amide bonds. The molecule has 2 aromatic rings. The van der Waals surface area contributed by atoms with Crippen molar-refractivity contribution in [1.29, 1.82) is 0 Å². The van der Waals surface area contributed by atoms with Crippen LogP contribution in [0.5, 0.6) is 17.2 Å². The van der Waals surface area contributed by atoms with Crippen molar-refractivity contribution in [2.45, 2.75) is 78.8 Å². The molecule has 0 aliphatic carbocycles. The zero-order valence-electron chi connectivity index (χ0n) is 22.7. The fourth-order valence-corrected chi connectivity index (χ4v) is 3.94. The quantitative estimate of drug-likeness (QED) is 0.202. The summed E-state index contributed by atoms with van der Waals surface area (Å²) in [7, 11) is 0. The summed E-state index contributed by atoms with van der Waals surface area (Å²) in [6, 6.07) is 12.1. The number of amidine groups is 1. The lowest BCUT2D eigenvalue weighted by molar-refractivity contribution is -0.117. The van der Waals surface area contributed by atoms with Crippen LogP contribution in [0.3, 0.4) is 0 Å². The Balaban J connectivity index is 1.72. The van der Waals surface area contributed by atoms with Crippen molar-refractivity contribution in [3.8, 4) is 17.2 Å². The van der Waals surface area contributed by atoms with Crippen molar-refractivity contribution >= 4 is 17.6 Å². The molecule has 0 unspecified atom stereocenters. The summed E-state index contributed by atoms with van der Waals surface area (Å²) >= 11 is 0. The Morgan fingerprint density at radius 3 is 2.03 bits per heavy atom. The Labute approximate surface area is 220 Å². The molecule has 0 atom stereocenters. The molecule has 0 spiro atoms. The van der Waals surface area contributed by atoms with Gasteiger partial charge in [-0.1, -0.05) is 6.92 Å². The van der Waals surface area contributed by atoms with Crippen molar-refractivity contribution < 1.29 is 24.2 Å². The van der Waals surface area contributed by atoms with E-state index in [-0.39, 0.29) is 41.0 Å². The van der Waals surface area contributed by atoms with Crippen LogP contribution >= 0.6 is 0 Å². The van der Waals surface area contributed by atoms with Crippen molar-refractivity contribution in [2.24, 2.45) is 10.7 Å². The number of ether oxygens (including phenoxy) is 2. The predicted octanol–water partition coefficient (Wildman–Crippen LogP) is 5.31. The van der Waals surface area contributed by atoms with Crippen LogP contribution in [0.1, 0.15) is 82.6 Å². The number of aromatic hydroxyl groups is 1. The van der Waals surface area contributed by atoms with E-state index in [1.54, 1.807) is 29.2 Å². The zero-order chi connectivity index (χ0) is 27.4. The molecule has 0 saturated heterocycles. The average molecular weight is 512 g/mol. The molecule has 2 rings (SSSR count). The van der Waals surface area contributed by atoms with Crippen LogP contribution in [-0.2, 0) is 4.79 Å². The largest absolute Gasteiger partial charge is 0.507 e. The van der Waals surface area contributed by atoms with E-state index in [9.17, 15) is 14.7 Å². The molecule has 37 heavy (non-hydrogen) atoms. The number of phenols is 1. The molecule has 8 heteroatoms. The van der Waals surface area contributed by atoms with Crippen LogP contribution in [0.15, 0.2) is 47.5 Å². The van der Waals surface area contributed by atoms with E-state index in [0.717, 1.165) is 31.4 Å². The van der Waals surface area contributed by atoms with Crippen molar-refractivity contribution in [2.75, 3.05) is 13.2 Å². The number of nitrogens with zero attached hydrogens (tertiary/aromatic N) is 2. The van der Waals surface area contributed by atoms with Crippen LogP contribution in [0, 0.1) is 0 Å². The minimum Gasteiger partial charge on any atom is -0.507 e. The van der Waals surface area contributed by atoms with Gasteiger partial charge < -0.3 is 25.2 Å². The van der Waals surface area contributed by atoms with Crippen LogP contribution < -0.4 is 15.2 Å². The third kappa shape index (κ3) is 9.44. The Morgan fingerprint density at radius 1 is 0.919 bits per heavy atom. The van der Waals surface area contributed by atoms with Gasteiger partial charge in [0.05, 0.1) is 18.8 Å². The standard InChI is InChI=1S/C29H41N3O5/c1-6-10-27(34)31-28(30)22-11-13-23(14-12-22)36-17-8-7-9-18-37-24-15-16-25(26(33)19-24)29(35)32(20(2)3)21(4)5/h11-16,19-21,33H,6-10,17-18H2,1-5H3,(H2,30,31,34). The number of nitrogens with two attached hydrogens (primary N) is 1. The number of amides is 2. The number of carbonyl (C=O) groups excluding carboxylic acids is 2. The van der Waals surface area contributed by atoms with Crippen LogP contribution in [-0.4, -0.2) is 53.0 Å². The molecular weight excluding hydrogens is 470 g/mol. The molecule has 202 valence electrons. The van der Waals surface area contributed by atoms with E-state index in [1.807, 2.05) is 46.8 Å². The molecule has 0 bridgehead atoms. The lowest BCUT2D eigenvalue weighted by Gasteiger charge is -2.31. The highest BCUT2D eigenvalue weighted by Gasteiger charge is 2.24. The van der Waals surface area contributed by atoms with Gasteiger partial charge in [0.1, 0.15) is 23.1 Å². The Kier molecular flexibility index (Phi) is 11.9. The highest BCUT2D eigenvalue weighted by Crippen LogP contribution is 2.26. The van der Waals surface area contributed by atoms with Gasteiger partial charge in [0.25, 0.3) is 5.91 Å². The van der Waals surface area contributed by atoms with E-state index in [1.165, 1.54) is 6.07 Å². The average Bonchev–Trinajstić information content (AvgIpc) is 2.83. The molecule has 0 aromatic heterocycles. The molecule has 8 nitrogen and oxygen atoms in total. The topological polar surface area (TPSA) is 114 Å². The van der Waals surface area contributed by atoms with Gasteiger partial charge >= 0.3 is 0 Å². The number of hydrogen-bond donors (Lipinski definition) is 2. The highest BCUT2D eigenvalue weighted by molar-refractivity contribution is 6.04. The van der Waals surface area contributed by atoms with Crippen LogP contribution in [0.2, 0.25) is 0 Å². The van der Waals surface area contributed by atoms with Gasteiger partial charge in [-0.3, -0.25) is 9.59 Å².